The molecule has 0 unspecified atom stereocenters. The van der Waals surface area contributed by atoms with Crippen LogP contribution in [0.15, 0.2) is 42.7 Å². The molecule has 0 N–H and O–H groups in total. The van der Waals surface area contributed by atoms with Crippen molar-refractivity contribution in [1.29, 1.82) is 0 Å². The van der Waals surface area contributed by atoms with Gasteiger partial charge in [0.1, 0.15) is 6.17 Å². The van der Waals surface area contributed by atoms with E-state index in [9.17, 15) is 0 Å². The first-order chi connectivity index (χ1) is 10.8. The van der Waals surface area contributed by atoms with E-state index in [1.54, 1.807) is 0 Å². The summed E-state index contributed by atoms with van der Waals surface area (Å²) in [5.74, 6) is 0. The molecule has 1 aliphatic heterocycles. The van der Waals surface area contributed by atoms with Crippen molar-refractivity contribution in [3.05, 3.63) is 48.3 Å². The Hall–Kier alpha value is -2.03. The molecule has 0 spiro atoms. The highest BCUT2D eigenvalue weighted by atomic mass is 15.4. The second-order valence-electron chi connectivity index (χ2n) is 6.50. The maximum Gasteiger partial charge on any atom is 0.104 e. The number of rotatable bonds is 2. The molecule has 4 rings (SSSR count). The van der Waals surface area contributed by atoms with Crippen molar-refractivity contribution in [3.63, 3.8) is 0 Å². The van der Waals surface area contributed by atoms with Crippen LogP contribution in [0.1, 0.15) is 38.2 Å². The predicted molar refractivity (Wildman–Crippen MR) is 91.8 cm³/mol. The fraction of sp³-hybridized carbons (Fsp3) is 0.421. The molecular formula is C19H23N3. The number of aromatic nitrogens is 1. The van der Waals surface area contributed by atoms with E-state index in [-0.39, 0.29) is 0 Å². The van der Waals surface area contributed by atoms with Gasteiger partial charge in [0.2, 0.25) is 0 Å². The molecule has 0 bridgehead atoms. The Bertz CT molecular complexity index is 676. The van der Waals surface area contributed by atoms with E-state index in [0.717, 1.165) is 0 Å². The molecule has 114 valence electrons. The molecule has 3 nitrogen and oxygen atoms in total. The van der Waals surface area contributed by atoms with Crippen molar-refractivity contribution in [2.75, 3.05) is 9.80 Å². The maximum absolute atomic E-state index is 4.36. The van der Waals surface area contributed by atoms with Gasteiger partial charge >= 0.3 is 0 Å². The van der Waals surface area contributed by atoms with Crippen LogP contribution in [0, 0.1) is 6.92 Å². The third-order valence-corrected chi connectivity index (χ3v) is 5.18. The van der Waals surface area contributed by atoms with Crippen LogP contribution >= 0.6 is 0 Å². The van der Waals surface area contributed by atoms with Gasteiger partial charge in [-0.1, -0.05) is 25.0 Å². The molecule has 2 heterocycles. The molecule has 1 aromatic heterocycles. The SMILES string of the molecule is Cc1ccncc1N1c2ccccc2N(C2CCCC2)[C@H]1C. The van der Waals surface area contributed by atoms with Crippen LogP contribution in [0.25, 0.3) is 0 Å². The van der Waals surface area contributed by atoms with Crippen LogP contribution in [-0.4, -0.2) is 17.2 Å². The molecule has 0 saturated heterocycles. The van der Waals surface area contributed by atoms with Crippen LogP contribution < -0.4 is 9.80 Å². The summed E-state index contributed by atoms with van der Waals surface area (Å²) in [4.78, 5) is 9.45. The lowest BCUT2D eigenvalue weighted by atomic mass is 10.2. The summed E-state index contributed by atoms with van der Waals surface area (Å²) in [5, 5.41) is 0. The monoisotopic (exact) mass is 293 g/mol. The number of pyridine rings is 1. The van der Waals surface area contributed by atoms with E-state index >= 15 is 0 Å². The highest BCUT2D eigenvalue weighted by Crippen LogP contribution is 2.47. The van der Waals surface area contributed by atoms with E-state index < -0.39 is 0 Å². The molecule has 1 aliphatic carbocycles. The van der Waals surface area contributed by atoms with E-state index in [1.807, 2.05) is 12.4 Å². The molecule has 22 heavy (non-hydrogen) atoms. The van der Waals surface area contributed by atoms with Gasteiger partial charge in [0.25, 0.3) is 0 Å². The van der Waals surface area contributed by atoms with E-state index in [4.69, 9.17) is 0 Å². The Morgan fingerprint density at radius 2 is 1.73 bits per heavy atom. The van der Waals surface area contributed by atoms with Gasteiger partial charge in [0, 0.05) is 12.2 Å². The first kappa shape index (κ1) is 13.6. The largest absolute Gasteiger partial charge is 0.346 e. The minimum absolute atomic E-state index is 0.350. The molecule has 1 atom stereocenters. The summed E-state index contributed by atoms with van der Waals surface area (Å²) in [6.45, 7) is 4.50. The minimum Gasteiger partial charge on any atom is -0.346 e. The van der Waals surface area contributed by atoms with E-state index in [2.05, 4.69) is 59.0 Å². The van der Waals surface area contributed by atoms with Crippen LogP contribution in [0.3, 0.4) is 0 Å². The molecule has 3 heteroatoms. The lowest BCUT2D eigenvalue weighted by Crippen LogP contribution is -2.44. The van der Waals surface area contributed by atoms with Crippen molar-refractivity contribution in [1.82, 2.24) is 4.98 Å². The molecule has 1 fully saturated rings. The Labute approximate surface area is 132 Å². The van der Waals surface area contributed by atoms with E-state index in [0.29, 0.717) is 12.2 Å². The molecular weight excluding hydrogens is 270 g/mol. The molecule has 0 amide bonds. The third kappa shape index (κ3) is 1.99. The van der Waals surface area contributed by atoms with Crippen molar-refractivity contribution >= 4 is 17.1 Å². The standard InChI is InChI=1S/C19H23N3/c1-14-11-12-20-13-19(14)22-15(2)21(16-7-3-4-8-16)17-9-5-6-10-18(17)22/h5-6,9-13,15-16H,3-4,7-8H2,1-2H3/t15-/m1/s1. The van der Waals surface area contributed by atoms with E-state index in [1.165, 1.54) is 48.3 Å². The summed E-state index contributed by atoms with van der Waals surface area (Å²) >= 11 is 0. The summed E-state index contributed by atoms with van der Waals surface area (Å²) in [6, 6.07) is 11.6. The number of hydrogen-bond acceptors (Lipinski definition) is 3. The van der Waals surface area contributed by atoms with Crippen molar-refractivity contribution in [2.45, 2.75) is 51.7 Å². The molecule has 2 aliphatic rings. The molecule has 0 radical (unpaired) electrons. The van der Waals surface area contributed by atoms with Crippen molar-refractivity contribution in [2.24, 2.45) is 0 Å². The van der Waals surface area contributed by atoms with Crippen LogP contribution in [0.5, 0.6) is 0 Å². The minimum atomic E-state index is 0.350. The highest BCUT2D eigenvalue weighted by Gasteiger charge is 2.38. The van der Waals surface area contributed by atoms with Crippen LogP contribution in [0.2, 0.25) is 0 Å². The average molecular weight is 293 g/mol. The van der Waals surface area contributed by atoms with Gasteiger partial charge in [-0.3, -0.25) is 4.98 Å². The van der Waals surface area contributed by atoms with Crippen LogP contribution in [-0.2, 0) is 0 Å². The maximum atomic E-state index is 4.36. The molecule has 1 aromatic carbocycles. The summed E-state index contributed by atoms with van der Waals surface area (Å²) in [5.41, 5.74) is 5.20. The van der Waals surface area contributed by atoms with Gasteiger partial charge in [-0.25, -0.2) is 0 Å². The smallest absolute Gasteiger partial charge is 0.104 e. The molecule has 1 saturated carbocycles. The van der Waals surface area contributed by atoms with Crippen molar-refractivity contribution < 1.29 is 0 Å². The fourth-order valence-corrected chi connectivity index (χ4v) is 4.14. The highest BCUT2D eigenvalue weighted by molar-refractivity contribution is 5.84. The van der Waals surface area contributed by atoms with Gasteiger partial charge < -0.3 is 9.80 Å². The van der Waals surface area contributed by atoms with Gasteiger partial charge in [0.05, 0.1) is 23.3 Å². The van der Waals surface area contributed by atoms with Crippen LogP contribution in [0.4, 0.5) is 17.1 Å². The predicted octanol–water partition coefficient (Wildman–Crippen LogP) is 4.64. The third-order valence-electron chi connectivity index (χ3n) is 5.18. The lowest BCUT2D eigenvalue weighted by Gasteiger charge is -2.34. The fourth-order valence-electron chi connectivity index (χ4n) is 4.14. The number of benzene rings is 1. The molecule has 2 aromatic rings. The first-order valence-corrected chi connectivity index (χ1v) is 8.34. The average Bonchev–Trinajstić information content (AvgIpc) is 3.13. The topological polar surface area (TPSA) is 19.4 Å². The second-order valence-corrected chi connectivity index (χ2v) is 6.50. The van der Waals surface area contributed by atoms with Gasteiger partial charge in [-0.2, -0.15) is 0 Å². The number of hydrogen-bond donors (Lipinski definition) is 0. The zero-order chi connectivity index (χ0) is 15.1. The number of nitrogens with zero attached hydrogens (tertiary/aromatic N) is 3. The Morgan fingerprint density at radius 3 is 2.45 bits per heavy atom. The number of aryl methyl sites for hydroxylation is 1. The van der Waals surface area contributed by atoms with Crippen molar-refractivity contribution in [3.8, 4) is 0 Å². The Kier molecular flexibility index (Phi) is 3.29. The summed E-state index contributed by atoms with van der Waals surface area (Å²) in [7, 11) is 0. The zero-order valence-electron chi connectivity index (χ0n) is 13.4. The van der Waals surface area contributed by atoms with Gasteiger partial charge in [-0.15, -0.1) is 0 Å². The Morgan fingerprint density at radius 1 is 1.00 bits per heavy atom. The lowest BCUT2D eigenvalue weighted by molar-refractivity contribution is 0.554. The quantitative estimate of drug-likeness (QED) is 0.804. The second kappa shape index (κ2) is 5.31. The number of para-hydroxylation sites is 2. The normalized spacial score (nSPS) is 21.5. The summed E-state index contributed by atoms with van der Waals surface area (Å²) < 4.78 is 0. The summed E-state index contributed by atoms with van der Waals surface area (Å²) in [6.07, 6.45) is 9.59. The van der Waals surface area contributed by atoms with Gasteiger partial charge in [0.15, 0.2) is 0 Å². The van der Waals surface area contributed by atoms with Gasteiger partial charge in [-0.05, 0) is 50.5 Å². The number of fused-ring (bicyclic) bond motifs is 1. The number of anilines is 3. The zero-order valence-corrected chi connectivity index (χ0v) is 13.4. The Balaban J connectivity index is 1.82. The first-order valence-electron chi connectivity index (χ1n) is 8.34.